The first-order valence-corrected chi connectivity index (χ1v) is 8.44. The Balaban J connectivity index is 2.38. The van der Waals surface area contributed by atoms with Gasteiger partial charge in [0.1, 0.15) is 4.21 Å². The first kappa shape index (κ1) is 15.0. The molecule has 0 saturated heterocycles. The SMILES string of the molecule is Cc1cc(S(=O)(=O)Nc2cccc(C)c2C)sc1CO. The number of rotatable bonds is 4. The molecule has 0 aliphatic rings. The van der Waals surface area contributed by atoms with Crippen molar-refractivity contribution in [2.45, 2.75) is 31.6 Å². The molecule has 108 valence electrons. The molecule has 0 bridgehead atoms. The highest BCUT2D eigenvalue weighted by Gasteiger charge is 2.19. The van der Waals surface area contributed by atoms with E-state index in [-0.39, 0.29) is 10.8 Å². The molecule has 0 amide bonds. The Hall–Kier alpha value is -1.37. The van der Waals surface area contributed by atoms with Crippen LogP contribution in [-0.4, -0.2) is 13.5 Å². The summed E-state index contributed by atoms with van der Waals surface area (Å²) in [6.45, 7) is 5.47. The van der Waals surface area contributed by atoms with Gasteiger partial charge in [0.2, 0.25) is 0 Å². The maximum absolute atomic E-state index is 12.4. The second kappa shape index (κ2) is 5.55. The van der Waals surface area contributed by atoms with Crippen LogP contribution in [0.4, 0.5) is 5.69 Å². The maximum Gasteiger partial charge on any atom is 0.271 e. The van der Waals surface area contributed by atoms with Crippen LogP contribution in [0.5, 0.6) is 0 Å². The number of aryl methyl sites for hydroxylation is 2. The van der Waals surface area contributed by atoms with Crippen LogP contribution in [0.25, 0.3) is 0 Å². The van der Waals surface area contributed by atoms with Gasteiger partial charge in [0.15, 0.2) is 0 Å². The van der Waals surface area contributed by atoms with Gasteiger partial charge in [-0.25, -0.2) is 8.42 Å². The highest BCUT2D eigenvalue weighted by atomic mass is 32.2. The van der Waals surface area contributed by atoms with E-state index in [1.165, 1.54) is 0 Å². The normalized spacial score (nSPS) is 11.6. The van der Waals surface area contributed by atoms with Gasteiger partial charge in [-0.05, 0) is 49.6 Å². The molecule has 2 aromatic rings. The molecule has 0 spiro atoms. The minimum absolute atomic E-state index is 0.143. The van der Waals surface area contributed by atoms with E-state index in [1.807, 2.05) is 26.0 Å². The smallest absolute Gasteiger partial charge is 0.271 e. The Morgan fingerprint density at radius 3 is 2.50 bits per heavy atom. The van der Waals surface area contributed by atoms with Crippen molar-refractivity contribution in [2.75, 3.05) is 4.72 Å². The third kappa shape index (κ3) is 2.87. The van der Waals surface area contributed by atoms with E-state index in [0.29, 0.717) is 10.6 Å². The number of anilines is 1. The number of hydrogen-bond donors (Lipinski definition) is 2. The summed E-state index contributed by atoms with van der Waals surface area (Å²) >= 11 is 1.10. The molecular formula is C14H17NO3S2. The van der Waals surface area contributed by atoms with E-state index in [2.05, 4.69) is 4.72 Å². The minimum Gasteiger partial charge on any atom is -0.391 e. The lowest BCUT2D eigenvalue weighted by atomic mass is 10.1. The van der Waals surface area contributed by atoms with E-state index in [0.717, 1.165) is 28.0 Å². The first-order valence-electron chi connectivity index (χ1n) is 6.14. The molecule has 0 aliphatic heterocycles. The van der Waals surface area contributed by atoms with Crippen molar-refractivity contribution in [1.82, 2.24) is 0 Å². The minimum atomic E-state index is -3.61. The van der Waals surface area contributed by atoms with Crippen LogP contribution < -0.4 is 4.72 Å². The average molecular weight is 311 g/mol. The molecule has 2 rings (SSSR count). The molecular weight excluding hydrogens is 294 g/mol. The van der Waals surface area contributed by atoms with Gasteiger partial charge in [0.25, 0.3) is 10.0 Å². The lowest BCUT2D eigenvalue weighted by molar-refractivity contribution is 0.285. The fraction of sp³-hybridized carbons (Fsp3) is 0.286. The molecule has 1 aromatic carbocycles. The number of aliphatic hydroxyl groups excluding tert-OH is 1. The second-order valence-corrected chi connectivity index (χ2v) is 7.73. The number of benzene rings is 1. The Morgan fingerprint density at radius 1 is 1.20 bits per heavy atom. The van der Waals surface area contributed by atoms with Crippen LogP contribution in [0.3, 0.4) is 0 Å². The van der Waals surface area contributed by atoms with Gasteiger partial charge < -0.3 is 5.11 Å². The van der Waals surface area contributed by atoms with Crippen molar-refractivity contribution < 1.29 is 13.5 Å². The zero-order valence-corrected chi connectivity index (χ0v) is 13.2. The molecule has 20 heavy (non-hydrogen) atoms. The van der Waals surface area contributed by atoms with Gasteiger partial charge in [-0.2, -0.15) is 0 Å². The van der Waals surface area contributed by atoms with E-state index < -0.39 is 10.0 Å². The van der Waals surface area contributed by atoms with Gasteiger partial charge >= 0.3 is 0 Å². The summed E-state index contributed by atoms with van der Waals surface area (Å²) in [5, 5.41) is 9.16. The van der Waals surface area contributed by atoms with Crippen LogP contribution in [0.2, 0.25) is 0 Å². The summed E-state index contributed by atoms with van der Waals surface area (Å²) in [5.74, 6) is 0. The third-order valence-electron chi connectivity index (χ3n) is 3.26. The lowest BCUT2D eigenvalue weighted by Crippen LogP contribution is -2.12. The van der Waals surface area contributed by atoms with E-state index in [9.17, 15) is 8.42 Å². The van der Waals surface area contributed by atoms with Crippen LogP contribution in [0.15, 0.2) is 28.5 Å². The van der Waals surface area contributed by atoms with Crippen LogP contribution in [0.1, 0.15) is 21.6 Å². The zero-order valence-electron chi connectivity index (χ0n) is 11.6. The molecule has 0 atom stereocenters. The van der Waals surface area contributed by atoms with Crippen LogP contribution >= 0.6 is 11.3 Å². The van der Waals surface area contributed by atoms with Crippen molar-refractivity contribution in [3.63, 3.8) is 0 Å². The summed E-state index contributed by atoms with van der Waals surface area (Å²) in [6, 6.07) is 7.09. The predicted molar refractivity (Wildman–Crippen MR) is 81.7 cm³/mol. The summed E-state index contributed by atoms with van der Waals surface area (Å²) in [6.07, 6.45) is 0. The summed E-state index contributed by atoms with van der Waals surface area (Å²) < 4.78 is 27.6. The quantitative estimate of drug-likeness (QED) is 0.912. The Labute approximate surface area is 123 Å². The molecule has 6 heteroatoms. The molecule has 0 aliphatic carbocycles. The van der Waals surface area contributed by atoms with Crippen molar-refractivity contribution in [3.8, 4) is 0 Å². The van der Waals surface area contributed by atoms with Crippen molar-refractivity contribution >= 4 is 27.0 Å². The van der Waals surface area contributed by atoms with Gasteiger partial charge in [-0.1, -0.05) is 12.1 Å². The number of nitrogens with one attached hydrogen (secondary N) is 1. The zero-order chi connectivity index (χ0) is 14.9. The van der Waals surface area contributed by atoms with Gasteiger partial charge in [0.05, 0.1) is 12.3 Å². The van der Waals surface area contributed by atoms with Crippen LogP contribution in [0, 0.1) is 20.8 Å². The number of hydrogen-bond acceptors (Lipinski definition) is 4. The topological polar surface area (TPSA) is 66.4 Å². The number of aliphatic hydroxyl groups is 1. The van der Waals surface area contributed by atoms with Gasteiger partial charge in [0, 0.05) is 4.88 Å². The van der Waals surface area contributed by atoms with Crippen molar-refractivity contribution in [3.05, 3.63) is 45.8 Å². The largest absolute Gasteiger partial charge is 0.391 e. The molecule has 2 N–H and O–H groups in total. The standard InChI is InChI=1S/C14H17NO3S2/c1-9-5-4-6-12(11(9)3)15-20(17,18)14-7-10(2)13(8-16)19-14/h4-7,15-16H,8H2,1-3H3. The highest BCUT2D eigenvalue weighted by molar-refractivity contribution is 7.94. The Kier molecular flexibility index (Phi) is 4.17. The molecule has 0 radical (unpaired) electrons. The third-order valence-corrected chi connectivity index (χ3v) is 6.32. The van der Waals surface area contributed by atoms with E-state index >= 15 is 0 Å². The summed E-state index contributed by atoms with van der Waals surface area (Å²) in [4.78, 5) is 0.673. The molecule has 0 fully saturated rings. The average Bonchev–Trinajstić information content (AvgIpc) is 2.77. The van der Waals surface area contributed by atoms with E-state index in [1.54, 1.807) is 19.1 Å². The molecule has 0 unspecified atom stereocenters. The number of sulfonamides is 1. The summed E-state index contributed by atoms with van der Waals surface area (Å²) in [5.41, 5.74) is 3.32. The van der Waals surface area contributed by atoms with Crippen molar-refractivity contribution in [1.29, 1.82) is 0 Å². The van der Waals surface area contributed by atoms with Crippen LogP contribution in [-0.2, 0) is 16.6 Å². The summed E-state index contributed by atoms with van der Waals surface area (Å²) in [7, 11) is -3.61. The highest BCUT2D eigenvalue weighted by Crippen LogP contribution is 2.28. The monoisotopic (exact) mass is 311 g/mol. The fourth-order valence-electron chi connectivity index (χ4n) is 1.83. The molecule has 1 heterocycles. The molecule has 1 aromatic heterocycles. The van der Waals surface area contributed by atoms with Gasteiger partial charge in [-0.3, -0.25) is 4.72 Å². The Morgan fingerprint density at radius 2 is 1.90 bits per heavy atom. The van der Waals surface area contributed by atoms with E-state index in [4.69, 9.17) is 5.11 Å². The maximum atomic E-state index is 12.4. The van der Waals surface area contributed by atoms with Crippen molar-refractivity contribution in [2.24, 2.45) is 0 Å². The number of thiophene rings is 1. The first-order chi connectivity index (χ1) is 9.35. The molecule has 0 saturated carbocycles. The lowest BCUT2D eigenvalue weighted by Gasteiger charge is -2.10. The second-order valence-electron chi connectivity index (χ2n) is 4.68. The Bertz CT molecular complexity index is 733. The molecule has 4 nitrogen and oxygen atoms in total. The van der Waals surface area contributed by atoms with Gasteiger partial charge in [-0.15, -0.1) is 11.3 Å². The fourth-order valence-corrected chi connectivity index (χ4v) is 4.41. The predicted octanol–water partition coefficient (Wildman–Crippen LogP) is 2.97.